The third-order valence-electron chi connectivity index (χ3n) is 2.67. The van der Waals surface area contributed by atoms with Crippen LogP contribution >= 0.6 is 0 Å². The van der Waals surface area contributed by atoms with E-state index in [2.05, 4.69) is 0 Å². The Bertz CT molecular complexity index is 441. The minimum atomic E-state index is -4.15. The summed E-state index contributed by atoms with van der Waals surface area (Å²) in [6, 6.07) is 5.05. The molecule has 6 heteroatoms. The number of nitrogens with zero attached hydrogens (tertiary/aromatic N) is 1. The molecule has 0 spiro atoms. The fraction of sp³-hybridized carbons (Fsp3) is 0.417. The molecule has 0 aliphatic carbocycles. The second kappa shape index (κ2) is 5.29. The molecular formula is C12H16F3N3. The zero-order chi connectivity index (χ0) is 13.9. The van der Waals surface area contributed by atoms with Crippen LogP contribution in [0, 0.1) is 12.3 Å². The van der Waals surface area contributed by atoms with Gasteiger partial charge in [0.25, 0.3) is 0 Å². The highest BCUT2D eigenvalue weighted by atomic mass is 19.4. The van der Waals surface area contributed by atoms with Crippen LogP contribution in [0.5, 0.6) is 0 Å². The van der Waals surface area contributed by atoms with Crippen LogP contribution in [0.3, 0.4) is 0 Å². The van der Waals surface area contributed by atoms with E-state index in [9.17, 15) is 13.2 Å². The van der Waals surface area contributed by atoms with Crippen molar-refractivity contribution in [3.05, 3.63) is 29.3 Å². The number of nitrogens with two attached hydrogens (primary N) is 1. The first kappa shape index (κ1) is 14.3. The van der Waals surface area contributed by atoms with E-state index < -0.39 is 12.6 Å². The topological polar surface area (TPSA) is 53.1 Å². The van der Waals surface area contributed by atoms with E-state index in [1.165, 1.54) is 4.90 Å². The lowest BCUT2D eigenvalue weighted by atomic mass is 10.1. The Labute approximate surface area is 104 Å². The van der Waals surface area contributed by atoms with Crippen molar-refractivity contribution in [1.82, 2.24) is 0 Å². The predicted octanol–water partition coefficient (Wildman–Crippen LogP) is 2.67. The third-order valence-corrected chi connectivity index (χ3v) is 2.67. The summed E-state index contributed by atoms with van der Waals surface area (Å²) in [5, 5.41) is 7.33. The van der Waals surface area contributed by atoms with E-state index >= 15 is 0 Å². The Kier molecular flexibility index (Phi) is 4.21. The monoisotopic (exact) mass is 259 g/mol. The number of rotatable bonds is 4. The van der Waals surface area contributed by atoms with E-state index in [-0.39, 0.29) is 12.4 Å². The van der Waals surface area contributed by atoms with Gasteiger partial charge in [-0.1, -0.05) is 0 Å². The fourth-order valence-corrected chi connectivity index (χ4v) is 1.61. The van der Waals surface area contributed by atoms with E-state index in [4.69, 9.17) is 11.1 Å². The summed E-state index contributed by atoms with van der Waals surface area (Å²) in [7, 11) is 1.61. The number of anilines is 1. The molecule has 0 saturated carbocycles. The van der Waals surface area contributed by atoms with Gasteiger partial charge in [0.15, 0.2) is 0 Å². The van der Waals surface area contributed by atoms with Gasteiger partial charge in [-0.2, -0.15) is 13.2 Å². The van der Waals surface area contributed by atoms with E-state index in [0.717, 1.165) is 5.56 Å². The average Bonchev–Trinajstić information content (AvgIpc) is 2.24. The molecule has 1 aromatic rings. The van der Waals surface area contributed by atoms with Crippen molar-refractivity contribution in [2.45, 2.75) is 19.5 Å². The predicted molar refractivity (Wildman–Crippen MR) is 66.1 cm³/mol. The van der Waals surface area contributed by atoms with Gasteiger partial charge in [0.2, 0.25) is 0 Å². The van der Waals surface area contributed by atoms with Gasteiger partial charge in [-0.15, -0.1) is 0 Å². The molecule has 0 bridgehead atoms. The van der Waals surface area contributed by atoms with Crippen molar-refractivity contribution in [2.75, 3.05) is 18.5 Å². The van der Waals surface area contributed by atoms with E-state index in [1.807, 2.05) is 0 Å². The lowest BCUT2D eigenvalue weighted by molar-refractivity contribution is -0.132. The maximum atomic E-state index is 12.1. The lowest BCUT2D eigenvalue weighted by Crippen LogP contribution is -2.24. The van der Waals surface area contributed by atoms with E-state index in [0.29, 0.717) is 11.3 Å². The number of alkyl halides is 3. The van der Waals surface area contributed by atoms with Gasteiger partial charge in [-0.25, -0.2) is 0 Å². The molecule has 0 amide bonds. The molecule has 1 rings (SSSR count). The van der Waals surface area contributed by atoms with Crippen molar-refractivity contribution in [2.24, 2.45) is 5.73 Å². The summed E-state index contributed by atoms with van der Waals surface area (Å²) in [6.45, 7) is 1.68. The van der Waals surface area contributed by atoms with Gasteiger partial charge in [0.1, 0.15) is 5.84 Å². The van der Waals surface area contributed by atoms with Gasteiger partial charge in [0.05, 0.1) is 6.42 Å². The molecule has 3 N–H and O–H groups in total. The van der Waals surface area contributed by atoms with Gasteiger partial charge in [0, 0.05) is 24.8 Å². The molecular weight excluding hydrogens is 243 g/mol. The molecule has 3 nitrogen and oxygen atoms in total. The quantitative estimate of drug-likeness (QED) is 0.645. The Hall–Kier alpha value is -1.72. The first-order valence-electron chi connectivity index (χ1n) is 5.43. The van der Waals surface area contributed by atoms with Gasteiger partial charge in [-0.3, -0.25) is 5.41 Å². The molecule has 0 unspecified atom stereocenters. The first-order valence-corrected chi connectivity index (χ1v) is 5.43. The van der Waals surface area contributed by atoms with Crippen LogP contribution in [0.1, 0.15) is 17.5 Å². The Morgan fingerprint density at radius 1 is 1.39 bits per heavy atom. The summed E-state index contributed by atoms with van der Waals surface area (Å²) in [6.07, 6.45) is -5.00. The minimum absolute atomic E-state index is 0.0444. The van der Waals surface area contributed by atoms with Gasteiger partial charge < -0.3 is 10.6 Å². The normalized spacial score (nSPS) is 11.4. The Morgan fingerprint density at radius 2 is 2.00 bits per heavy atom. The fourth-order valence-electron chi connectivity index (χ4n) is 1.61. The molecule has 0 saturated heterocycles. The van der Waals surface area contributed by atoms with E-state index in [1.54, 1.807) is 32.2 Å². The second-order valence-electron chi connectivity index (χ2n) is 4.20. The molecule has 0 atom stereocenters. The highest BCUT2D eigenvalue weighted by Gasteiger charge is 2.27. The van der Waals surface area contributed by atoms with Gasteiger partial charge in [-0.05, 0) is 30.7 Å². The van der Waals surface area contributed by atoms with Crippen molar-refractivity contribution < 1.29 is 13.2 Å². The smallest absolute Gasteiger partial charge is 0.384 e. The molecule has 0 radical (unpaired) electrons. The number of benzene rings is 1. The van der Waals surface area contributed by atoms with Crippen molar-refractivity contribution in [3.63, 3.8) is 0 Å². The zero-order valence-electron chi connectivity index (χ0n) is 10.3. The molecule has 18 heavy (non-hydrogen) atoms. The van der Waals surface area contributed by atoms with Crippen LogP contribution in [0.2, 0.25) is 0 Å². The number of nitrogen functional groups attached to an aromatic ring is 1. The van der Waals surface area contributed by atoms with Crippen LogP contribution < -0.4 is 10.6 Å². The molecule has 100 valence electrons. The number of hydrogen-bond donors (Lipinski definition) is 2. The lowest BCUT2D eigenvalue weighted by Gasteiger charge is -2.21. The summed E-state index contributed by atoms with van der Waals surface area (Å²) in [5.41, 5.74) is 7.44. The SMILES string of the molecule is Cc1cc(N(C)CCC(F)(F)F)ccc1C(=N)N. The number of halogens is 3. The number of amidine groups is 1. The van der Waals surface area contributed by atoms with Crippen LogP contribution in [-0.2, 0) is 0 Å². The molecule has 0 aliphatic heterocycles. The van der Waals surface area contributed by atoms with Crippen molar-refractivity contribution >= 4 is 11.5 Å². The number of nitrogens with one attached hydrogen (secondary N) is 1. The van der Waals surface area contributed by atoms with Crippen molar-refractivity contribution in [3.8, 4) is 0 Å². The number of aryl methyl sites for hydroxylation is 1. The number of hydrogen-bond acceptors (Lipinski definition) is 2. The molecule has 0 aromatic heterocycles. The maximum Gasteiger partial charge on any atom is 0.390 e. The Morgan fingerprint density at radius 3 is 2.44 bits per heavy atom. The van der Waals surface area contributed by atoms with Crippen LogP contribution in [0.25, 0.3) is 0 Å². The standard InChI is InChI=1S/C12H16F3N3/c1-8-7-9(3-4-10(8)11(16)17)18(2)6-5-12(13,14)15/h3-4,7H,5-6H2,1-2H3,(H3,16,17). The molecule has 0 heterocycles. The average molecular weight is 259 g/mol. The highest BCUT2D eigenvalue weighted by Crippen LogP contribution is 2.23. The summed E-state index contributed by atoms with van der Waals surface area (Å²) >= 11 is 0. The maximum absolute atomic E-state index is 12.1. The first-order chi connectivity index (χ1) is 8.20. The Balaban J connectivity index is 2.78. The van der Waals surface area contributed by atoms with Crippen LogP contribution in [-0.4, -0.2) is 25.6 Å². The molecule has 0 fully saturated rings. The zero-order valence-corrected chi connectivity index (χ0v) is 10.3. The van der Waals surface area contributed by atoms with Crippen molar-refractivity contribution in [1.29, 1.82) is 5.41 Å². The summed E-state index contributed by atoms with van der Waals surface area (Å²) in [4.78, 5) is 1.53. The third kappa shape index (κ3) is 3.94. The summed E-state index contributed by atoms with van der Waals surface area (Å²) < 4.78 is 36.3. The van der Waals surface area contributed by atoms with Crippen LogP contribution in [0.4, 0.5) is 18.9 Å². The summed E-state index contributed by atoms with van der Waals surface area (Å²) in [5.74, 6) is -0.0444. The minimum Gasteiger partial charge on any atom is -0.384 e. The van der Waals surface area contributed by atoms with Crippen LogP contribution in [0.15, 0.2) is 18.2 Å². The second-order valence-corrected chi connectivity index (χ2v) is 4.20. The highest BCUT2D eigenvalue weighted by molar-refractivity contribution is 5.96. The molecule has 0 aliphatic rings. The molecule has 1 aromatic carbocycles. The van der Waals surface area contributed by atoms with Gasteiger partial charge >= 0.3 is 6.18 Å². The largest absolute Gasteiger partial charge is 0.390 e.